The molecule has 0 aliphatic heterocycles. The molecule has 0 rings (SSSR count). The van der Waals surface area contributed by atoms with Gasteiger partial charge in [0.2, 0.25) is 5.78 Å². The maximum absolute atomic E-state index is 13.2. The molecule has 152 valence electrons. The first-order valence-corrected chi connectivity index (χ1v) is 7.65. The minimum absolute atomic E-state index is 0.674. The minimum Gasteiger partial charge on any atom is -0.440 e. The largest absolute Gasteiger partial charge is 0.440 e. The molecule has 0 saturated heterocycles. The SMILES string of the molecule is CC(=O)OC(C(C)=O)(C(C)=O)C(=O)[C@](OC(C)=O)(C(C)=O)[C@H](O)[C@H](O)CO. The van der Waals surface area contributed by atoms with Crippen LogP contribution in [0.5, 0.6) is 0 Å². The predicted molar refractivity (Wildman–Crippen MR) is 85.1 cm³/mol. The Labute approximate surface area is 154 Å². The number of hydrogen-bond donors (Lipinski definition) is 3. The molecule has 0 bridgehead atoms. The number of rotatable bonds is 10. The molecule has 11 nitrogen and oxygen atoms in total. The van der Waals surface area contributed by atoms with Crippen molar-refractivity contribution < 1.29 is 53.6 Å². The van der Waals surface area contributed by atoms with Crippen LogP contribution in [0.2, 0.25) is 0 Å². The molecule has 0 aromatic rings. The molecular formula is C16H22O11. The highest BCUT2D eigenvalue weighted by Crippen LogP contribution is 2.31. The number of aliphatic hydroxyl groups is 3. The van der Waals surface area contributed by atoms with E-state index in [2.05, 4.69) is 9.47 Å². The summed E-state index contributed by atoms with van der Waals surface area (Å²) in [6.07, 6.45) is -4.77. The van der Waals surface area contributed by atoms with Crippen molar-refractivity contribution in [1.82, 2.24) is 0 Å². The summed E-state index contributed by atoms with van der Waals surface area (Å²) in [5.74, 6) is -8.50. The van der Waals surface area contributed by atoms with Gasteiger partial charge in [-0.1, -0.05) is 0 Å². The molecule has 0 spiro atoms. The number of hydrogen-bond acceptors (Lipinski definition) is 11. The van der Waals surface area contributed by atoms with Crippen LogP contribution in [0.3, 0.4) is 0 Å². The van der Waals surface area contributed by atoms with Crippen LogP contribution in [0.1, 0.15) is 34.6 Å². The highest BCUT2D eigenvalue weighted by atomic mass is 16.6. The van der Waals surface area contributed by atoms with E-state index in [0.717, 1.165) is 13.8 Å². The molecule has 3 atom stereocenters. The summed E-state index contributed by atoms with van der Waals surface area (Å²) in [5, 5.41) is 29.1. The van der Waals surface area contributed by atoms with Crippen LogP contribution in [0.4, 0.5) is 0 Å². The Hall–Kier alpha value is -2.50. The van der Waals surface area contributed by atoms with E-state index < -0.39 is 65.1 Å². The van der Waals surface area contributed by atoms with E-state index >= 15 is 0 Å². The van der Waals surface area contributed by atoms with Crippen molar-refractivity contribution in [3.8, 4) is 0 Å². The van der Waals surface area contributed by atoms with Crippen LogP contribution in [0, 0.1) is 0 Å². The van der Waals surface area contributed by atoms with Gasteiger partial charge in [-0.25, -0.2) is 0 Å². The van der Waals surface area contributed by atoms with Gasteiger partial charge in [0.25, 0.3) is 11.2 Å². The van der Waals surface area contributed by atoms with Gasteiger partial charge in [-0.15, -0.1) is 0 Å². The van der Waals surface area contributed by atoms with E-state index in [1.54, 1.807) is 0 Å². The molecule has 0 aliphatic carbocycles. The summed E-state index contributed by atoms with van der Waals surface area (Å²) in [6.45, 7) is 2.43. The Morgan fingerprint density at radius 2 is 1.19 bits per heavy atom. The number of carbonyl (C=O) groups excluding carboxylic acids is 6. The molecule has 27 heavy (non-hydrogen) atoms. The van der Waals surface area contributed by atoms with Crippen molar-refractivity contribution in [1.29, 1.82) is 0 Å². The lowest BCUT2D eigenvalue weighted by molar-refractivity contribution is -0.204. The number of ether oxygens (including phenoxy) is 2. The molecule has 0 unspecified atom stereocenters. The third-order valence-electron chi connectivity index (χ3n) is 3.74. The number of ketones is 4. The number of aliphatic hydroxyl groups excluding tert-OH is 3. The zero-order valence-electron chi connectivity index (χ0n) is 15.5. The number of esters is 2. The molecule has 0 fully saturated rings. The van der Waals surface area contributed by atoms with Crippen LogP contribution in [-0.2, 0) is 38.2 Å². The van der Waals surface area contributed by atoms with Crippen molar-refractivity contribution in [3.05, 3.63) is 0 Å². The molecule has 3 N–H and O–H groups in total. The Bertz CT molecular complexity index is 651. The van der Waals surface area contributed by atoms with Gasteiger partial charge < -0.3 is 24.8 Å². The van der Waals surface area contributed by atoms with Crippen LogP contribution < -0.4 is 0 Å². The van der Waals surface area contributed by atoms with Gasteiger partial charge in [0.15, 0.2) is 17.3 Å². The molecule has 11 heteroatoms. The summed E-state index contributed by atoms with van der Waals surface area (Å²) in [7, 11) is 0. The second-order valence-electron chi connectivity index (χ2n) is 5.80. The normalized spacial score (nSPS) is 15.7. The quantitative estimate of drug-likeness (QED) is 0.268. The van der Waals surface area contributed by atoms with Crippen LogP contribution in [-0.4, -0.2) is 80.4 Å². The van der Waals surface area contributed by atoms with E-state index in [-0.39, 0.29) is 0 Å². The fraction of sp³-hybridized carbons (Fsp3) is 0.625. The average Bonchev–Trinajstić information content (AvgIpc) is 2.54. The van der Waals surface area contributed by atoms with Gasteiger partial charge in [-0.05, 0) is 20.8 Å². The van der Waals surface area contributed by atoms with E-state index in [4.69, 9.17) is 5.11 Å². The molecular weight excluding hydrogens is 368 g/mol. The van der Waals surface area contributed by atoms with Crippen LogP contribution in [0.15, 0.2) is 0 Å². The monoisotopic (exact) mass is 390 g/mol. The third kappa shape index (κ3) is 4.43. The standard InChI is InChI=1S/C16H22O11/c1-7(18)15(8(2)19,26-10(4)21)14(25)16(9(3)20,27-11(5)22)13(24)12(23)6-17/h12-13,17,23-24H,6H2,1-5H3/t12-,13-,16+/m1/s1. The summed E-state index contributed by atoms with van der Waals surface area (Å²) in [4.78, 5) is 72.7. The second kappa shape index (κ2) is 8.93. The van der Waals surface area contributed by atoms with Gasteiger partial charge in [0.1, 0.15) is 12.2 Å². The summed E-state index contributed by atoms with van der Waals surface area (Å²) < 4.78 is 9.32. The molecule has 0 heterocycles. The zero-order valence-corrected chi connectivity index (χ0v) is 15.5. The first-order valence-electron chi connectivity index (χ1n) is 7.65. The second-order valence-corrected chi connectivity index (χ2v) is 5.80. The van der Waals surface area contributed by atoms with E-state index in [1.807, 2.05) is 0 Å². The van der Waals surface area contributed by atoms with Crippen molar-refractivity contribution in [2.24, 2.45) is 0 Å². The van der Waals surface area contributed by atoms with E-state index in [0.29, 0.717) is 20.8 Å². The molecule has 0 aromatic heterocycles. The Balaban J connectivity index is 7.02. The van der Waals surface area contributed by atoms with Gasteiger partial charge in [-0.2, -0.15) is 0 Å². The Kier molecular flexibility index (Phi) is 8.10. The lowest BCUT2D eigenvalue weighted by atomic mass is 9.74. The van der Waals surface area contributed by atoms with Gasteiger partial charge in [0.05, 0.1) is 6.61 Å². The Morgan fingerprint density at radius 1 is 0.778 bits per heavy atom. The van der Waals surface area contributed by atoms with Crippen molar-refractivity contribution >= 4 is 35.1 Å². The first kappa shape index (κ1) is 24.5. The molecule has 0 amide bonds. The van der Waals surface area contributed by atoms with E-state index in [9.17, 15) is 39.0 Å². The van der Waals surface area contributed by atoms with Crippen LogP contribution in [0.25, 0.3) is 0 Å². The minimum atomic E-state index is -3.30. The van der Waals surface area contributed by atoms with Gasteiger partial charge >= 0.3 is 11.9 Å². The maximum atomic E-state index is 13.2. The molecule has 0 aliphatic rings. The van der Waals surface area contributed by atoms with Crippen LogP contribution >= 0.6 is 0 Å². The summed E-state index contributed by atoms with van der Waals surface area (Å²) >= 11 is 0. The number of Topliss-reactive ketones (excluding diaryl/α,β-unsaturated/α-hetero) is 4. The fourth-order valence-electron chi connectivity index (χ4n) is 2.51. The fourth-order valence-corrected chi connectivity index (χ4v) is 2.51. The molecule has 0 saturated carbocycles. The van der Waals surface area contributed by atoms with Gasteiger partial charge in [-0.3, -0.25) is 28.8 Å². The number of carbonyl (C=O) groups is 6. The highest BCUT2D eigenvalue weighted by Gasteiger charge is 2.67. The topological polar surface area (TPSA) is 182 Å². The lowest BCUT2D eigenvalue weighted by Gasteiger charge is -2.40. The van der Waals surface area contributed by atoms with E-state index in [1.165, 1.54) is 0 Å². The first-order chi connectivity index (χ1) is 12.2. The van der Waals surface area contributed by atoms with Crippen molar-refractivity contribution in [3.63, 3.8) is 0 Å². The average molecular weight is 390 g/mol. The smallest absolute Gasteiger partial charge is 0.304 e. The predicted octanol–water partition coefficient (Wildman–Crippen LogP) is -2.36. The molecule has 0 radical (unpaired) electrons. The third-order valence-corrected chi connectivity index (χ3v) is 3.74. The van der Waals surface area contributed by atoms with Gasteiger partial charge in [0, 0.05) is 13.8 Å². The maximum Gasteiger partial charge on any atom is 0.304 e. The summed E-state index contributed by atoms with van der Waals surface area (Å²) in [5.41, 5.74) is -6.52. The van der Waals surface area contributed by atoms with Crippen molar-refractivity contribution in [2.45, 2.75) is 58.0 Å². The van der Waals surface area contributed by atoms with Crippen molar-refractivity contribution in [2.75, 3.05) is 6.61 Å². The zero-order chi connectivity index (χ0) is 21.7. The highest BCUT2D eigenvalue weighted by molar-refractivity contribution is 6.34. The lowest BCUT2D eigenvalue weighted by Crippen LogP contribution is -2.71. The summed E-state index contributed by atoms with van der Waals surface area (Å²) in [6, 6.07) is 0. The molecule has 0 aromatic carbocycles. The Morgan fingerprint density at radius 3 is 1.44 bits per heavy atom.